The summed E-state index contributed by atoms with van der Waals surface area (Å²) >= 11 is 0. The highest BCUT2D eigenvalue weighted by Gasteiger charge is 2.38. The molecule has 1 aromatic heterocycles. The Balaban J connectivity index is 1.86. The topological polar surface area (TPSA) is 97.5 Å². The molecule has 0 radical (unpaired) electrons. The Morgan fingerprint density at radius 1 is 1.04 bits per heavy atom. The fourth-order valence-electron chi connectivity index (χ4n) is 2.19. The van der Waals surface area contributed by atoms with Crippen molar-refractivity contribution in [2.24, 2.45) is 0 Å². The Hall–Kier alpha value is -3.09. The number of aromatic nitrogens is 1. The molecule has 3 rings (SSSR count). The highest BCUT2D eigenvalue weighted by atomic mass is 16.7. The highest BCUT2D eigenvalue weighted by Crippen LogP contribution is 2.23. The molecule has 0 spiro atoms. The molecule has 0 atom stereocenters. The van der Waals surface area contributed by atoms with Gasteiger partial charge in [0.1, 0.15) is 0 Å². The molecule has 1 aromatic carbocycles. The molecule has 1 aliphatic heterocycles. The molecule has 0 unspecified atom stereocenters. The summed E-state index contributed by atoms with van der Waals surface area (Å²) < 4.78 is 9.99. The molecule has 118 valence electrons. The standard InChI is InChI=1S/C16H14N2O5/c1-16(2)22-14(20)12(15(21)23-16)8-17-11-4-3-9-7-18-13(19)6-10(9)5-11/h3-8,17H,1-2H3,(H,18,19). The Morgan fingerprint density at radius 3 is 2.43 bits per heavy atom. The van der Waals surface area contributed by atoms with E-state index in [2.05, 4.69) is 10.3 Å². The minimum absolute atomic E-state index is 0.213. The second kappa shape index (κ2) is 5.28. The smallest absolute Gasteiger partial charge is 0.350 e. The van der Waals surface area contributed by atoms with Crippen LogP contribution in [-0.4, -0.2) is 22.7 Å². The van der Waals surface area contributed by atoms with Gasteiger partial charge in [-0.25, -0.2) is 9.59 Å². The third-order valence-corrected chi connectivity index (χ3v) is 3.24. The van der Waals surface area contributed by atoms with Gasteiger partial charge in [0.25, 0.3) is 5.79 Å². The number of aromatic amines is 1. The van der Waals surface area contributed by atoms with Crippen LogP contribution in [-0.2, 0) is 19.1 Å². The van der Waals surface area contributed by atoms with E-state index >= 15 is 0 Å². The number of anilines is 1. The van der Waals surface area contributed by atoms with E-state index < -0.39 is 17.7 Å². The summed E-state index contributed by atoms with van der Waals surface area (Å²) in [5.41, 5.74) is 0.172. The Morgan fingerprint density at radius 2 is 1.74 bits per heavy atom. The average Bonchev–Trinajstić information content (AvgIpc) is 2.44. The summed E-state index contributed by atoms with van der Waals surface area (Å²) in [5, 5.41) is 4.43. The van der Waals surface area contributed by atoms with Gasteiger partial charge in [-0.1, -0.05) is 6.07 Å². The summed E-state index contributed by atoms with van der Waals surface area (Å²) in [5.74, 6) is -2.78. The number of benzene rings is 1. The van der Waals surface area contributed by atoms with Gasteiger partial charge >= 0.3 is 11.9 Å². The third-order valence-electron chi connectivity index (χ3n) is 3.24. The number of nitrogens with one attached hydrogen (secondary N) is 2. The Labute approximate surface area is 130 Å². The van der Waals surface area contributed by atoms with Gasteiger partial charge in [0, 0.05) is 38.0 Å². The van der Waals surface area contributed by atoms with Gasteiger partial charge in [0.05, 0.1) is 0 Å². The number of esters is 2. The number of carbonyl (C=O) groups is 2. The molecule has 0 saturated carbocycles. The molecule has 0 bridgehead atoms. The number of pyridine rings is 1. The number of hydrogen-bond acceptors (Lipinski definition) is 6. The van der Waals surface area contributed by atoms with E-state index in [0.717, 1.165) is 10.8 Å². The van der Waals surface area contributed by atoms with Crippen molar-refractivity contribution >= 4 is 28.4 Å². The number of hydrogen-bond donors (Lipinski definition) is 2. The van der Waals surface area contributed by atoms with E-state index in [1.807, 2.05) is 0 Å². The maximum Gasteiger partial charge on any atom is 0.350 e. The van der Waals surface area contributed by atoms with Crippen molar-refractivity contribution in [3.05, 3.63) is 52.6 Å². The van der Waals surface area contributed by atoms with E-state index in [9.17, 15) is 14.4 Å². The summed E-state index contributed by atoms with van der Waals surface area (Å²) in [4.78, 5) is 37.6. The van der Waals surface area contributed by atoms with Crippen molar-refractivity contribution in [3.63, 3.8) is 0 Å². The van der Waals surface area contributed by atoms with Gasteiger partial charge in [0.2, 0.25) is 5.56 Å². The van der Waals surface area contributed by atoms with Crippen LogP contribution in [0, 0.1) is 0 Å². The zero-order chi connectivity index (χ0) is 16.6. The molecule has 0 aliphatic carbocycles. The van der Waals surface area contributed by atoms with E-state index in [1.165, 1.54) is 26.1 Å². The third kappa shape index (κ3) is 3.08. The average molecular weight is 314 g/mol. The monoisotopic (exact) mass is 314 g/mol. The first kappa shape index (κ1) is 14.8. The molecule has 23 heavy (non-hydrogen) atoms. The van der Waals surface area contributed by atoms with Gasteiger partial charge in [-0.05, 0) is 22.9 Å². The molecule has 0 amide bonds. The second-order valence-corrected chi connectivity index (χ2v) is 5.52. The number of cyclic esters (lactones) is 2. The number of H-pyrrole nitrogens is 1. The van der Waals surface area contributed by atoms with Crippen LogP contribution in [0.2, 0.25) is 0 Å². The lowest BCUT2D eigenvalue weighted by molar-refractivity contribution is -0.222. The van der Waals surface area contributed by atoms with Crippen LogP contribution < -0.4 is 10.9 Å². The van der Waals surface area contributed by atoms with E-state index in [-0.39, 0.29) is 11.1 Å². The van der Waals surface area contributed by atoms with Crippen LogP contribution in [0.3, 0.4) is 0 Å². The predicted molar refractivity (Wildman–Crippen MR) is 82.5 cm³/mol. The molecule has 1 fully saturated rings. The first-order chi connectivity index (χ1) is 10.8. The maximum atomic E-state index is 11.8. The minimum Gasteiger partial charge on any atom is -0.419 e. The summed E-state index contributed by atoms with van der Waals surface area (Å²) in [6.45, 7) is 2.96. The van der Waals surface area contributed by atoms with Crippen LogP contribution in [0.4, 0.5) is 5.69 Å². The van der Waals surface area contributed by atoms with Crippen molar-refractivity contribution in [2.45, 2.75) is 19.6 Å². The van der Waals surface area contributed by atoms with E-state index in [4.69, 9.17) is 9.47 Å². The highest BCUT2D eigenvalue weighted by molar-refractivity contribution is 6.15. The zero-order valence-corrected chi connectivity index (χ0v) is 12.5. The zero-order valence-electron chi connectivity index (χ0n) is 12.5. The fourth-order valence-corrected chi connectivity index (χ4v) is 2.19. The molecule has 1 aliphatic rings. The number of rotatable bonds is 2. The molecule has 2 heterocycles. The number of carbonyl (C=O) groups excluding carboxylic acids is 2. The molecule has 7 heteroatoms. The van der Waals surface area contributed by atoms with Crippen molar-refractivity contribution in [1.29, 1.82) is 0 Å². The summed E-state index contributed by atoms with van der Waals surface area (Å²) in [6.07, 6.45) is 2.84. The van der Waals surface area contributed by atoms with Gasteiger partial charge in [0.15, 0.2) is 5.57 Å². The molecule has 7 nitrogen and oxygen atoms in total. The van der Waals surface area contributed by atoms with Gasteiger partial charge in [-0.3, -0.25) is 4.79 Å². The Bertz CT molecular complexity index is 873. The SMILES string of the molecule is CC1(C)OC(=O)C(=CNc2ccc3c[nH]c(=O)cc3c2)C(=O)O1. The lowest BCUT2D eigenvalue weighted by Gasteiger charge is -2.29. The van der Waals surface area contributed by atoms with Crippen LogP contribution in [0.5, 0.6) is 0 Å². The lowest BCUT2D eigenvalue weighted by Crippen LogP contribution is -2.42. The molecule has 2 N–H and O–H groups in total. The predicted octanol–water partition coefficient (Wildman–Crippen LogP) is 1.66. The van der Waals surface area contributed by atoms with Crippen molar-refractivity contribution < 1.29 is 19.1 Å². The normalized spacial score (nSPS) is 16.7. The summed E-state index contributed by atoms with van der Waals surface area (Å²) in [6, 6.07) is 6.73. The number of fused-ring (bicyclic) bond motifs is 1. The van der Waals surface area contributed by atoms with E-state index in [0.29, 0.717) is 5.69 Å². The van der Waals surface area contributed by atoms with Gasteiger partial charge < -0.3 is 19.8 Å². The van der Waals surface area contributed by atoms with E-state index in [1.54, 1.807) is 24.4 Å². The summed E-state index contributed by atoms with van der Waals surface area (Å²) in [7, 11) is 0. The quantitative estimate of drug-likeness (QED) is 0.497. The molecule has 2 aromatic rings. The van der Waals surface area contributed by atoms with Crippen molar-refractivity contribution in [1.82, 2.24) is 4.98 Å². The first-order valence-electron chi connectivity index (χ1n) is 6.90. The first-order valence-corrected chi connectivity index (χ1v) is 6.90. The van der Waals surface area contributed by atoms with Gasteiger partial charge in [-0.2, -0.15) is 0 Å². The van der Waals surface area contributed by atoms with Crippen molar-refractivity contribution in [2.75, 3.05) is 5.32 Å². The van der Waals surface area contributed by atoms with Crippen LogP contribution >= 0.6 is 0 Å². The lowest BCUT2D eigenvalue weighted by atomic mass is 10.1. The molecular weight excluding hydrogens is 300 g/mol. The number of ether oxygens (including phenoxy) is 2. The maximum absolute atomic E-state index is 11.8. The fraction of sp³-hybridized carbons (Fsp3) is 0.188. The molecule has 1 saturated heterocycles. The Kier molecular flexibility index (Phi) is 3.40. The molecular formula is C16H14N2O5. The second-order valence-electron chi connectivity index (χ2n) is 5.52. The van der Waals surface area contributed by atoms with Gasteiger partial charge in [-0.15, -0.1) is 0 Å². The van der Waals surface area contributed by atoms with Crippen LogP contribution in [0.25, 0.3) is 10.8 Å². The van der Waals surface area contributed by atoms with Crippen LogP contribution in [0.1, 0.15) is 13.8 Å². The minimum atomic E-state index is -1.27. The van der Waals surface area contributed by atoms with Crippen LogP contribution in [0.15, 0.2) is 47.0 Å². The largest absolute Gasteiger partial charge is 0.419 e. The van der Waals surface area contributed by atoms with Crippen molar-refractivity contribution in [3.8, 4) is 0 Å².